The van der Waals surface area contributed by atoms with Gasteiger partial charge < -0.3 is 9.84 Å². The Labute approximate surface area is 60.0 Å². The van der Waals surface area contributed by atoms with Crippen molar-refractivity contribution < 1.29 is 14.6 Å². The molecular weight excluding hydrogens is 132 g/mol. The van der Waals surface area contributed by atoms with Crippen LogP contribution < -0.4 is 0 Å². The van der Waals surface area contributed by atoms with E-state index in [1.54, 1.807) is 6.92 Å². The van der Waals surface area contributed by atoms with Crippen LogP contribution in [0, 0.1) is 0 Å². The molecule has 0 saturated carbocycles. The Morgan fingerprint density at radius 2 is 2.20 bits per heavy atom. The predicted octanol–water partition coefficient (Wildman–Crippen LogP) is 0.114. The number of rotatable bonds is 0. The topological polar surface area (TPSA) is 46.5 Å². The molecule has 1 rings (SSSR count). The fourth-order valence-electron chi connectivity index (χ4n) is 1.17. The van der Waals surface area contributed by atoms with Crippen molar-refractivity contribution >= 4 is 5.78 Å². The zero-order valence-electron chi connectivity index (χ0n) is 6.20. The van der Waals surface area contributed by atoms with E-state index < -0.39 is 12.2 Å². The molecule has 0 amide bonds. The third kappa shape index (κ3) is 1.36. The van der Waals surface area contributed by atoms with Gasteiger partial charge in [0.25, 0.3) is 0 Å². The van der Waals surface area contributed by atoms with Gasteiger partial charge in [-0.1, -0.05) is 0 Å². The van der Waals surface area contributed by atoms with E-state index in [-0.39, 0.29) is 11.9 Å². The molecule has 1 aliphatic rings. The van der Waals surface area contributed by atoms with Crippen molar-refractivity contribution in [1.82, 2.24) is 0 Å². The van der Waals surface area contributed by atoms with Crippen LogP contribution in [0.15, 0.2) is 0 Å². The van der Waals surface area contributed by atoms with E-state index in [0.29, 0.717) is 6.42 Å². The van der Waals surface area contributed by atoms with Crippen molar-refractivity contribution in [2.75, 3.05) is 0 Å². The van der Waals surface area contributed by atoms with Crippen LogP contribution in [-0.2, 0) is 9.53 Å². The summed E-state index contributed by atoms with van der Waals surface area (Å²) < 4.78 is 5.16. The molecule has 0 bridgehead atoms. The highest BCUT2D eigenvalue weighted by Gasteiger charge is 2.30. The molecule has 0 radical (unpaired) electrons. The van der Waals surface area contributed by atoms with Crippen molar-refractivity contribution in [2.45, 2.75) is 38.6 Å². The average Bonchev–Trinajstić information content (AvgIpc) is 1.82. The number of carbonyl (C=O) groups excluding carboxylic acids is 1. The maximum absolute atomic E-state index is 10.9. The van der Waals surface area contributed by atoms with Gasteiger partial charge in [-0.2, -0.15) is 0 Å². The minimum Gasteiger partial charge on any atom is -0.385 e. The lowest BCUT2D eigenvalue weighted by molar-refractivity contribution is -0.153. The van der Waals surface area contributed by atoms with Crippen LogP contribution in [-0.4, -0.2) is 29.2 Å². The zero-order chi connectivity index (χ0) is 7.72. The molecule has 0 aromatic rings. The van der Waals surface area contributed by atoms with Gasteiger partial charge in [-0.3, -0.25) is 4.79 Å². The molecule has 10 heavy (non-hydrogen) atoms. The summed E-state index contributed by atoms with van der Waals surface area (Å²) in [6.45, 7) is 3.52. The summed E-state index contributed by atoms with van der Waals surface area (Å²) in [5.74, 6) is -0.196. The molecule has 0 unspecified atom stereocenters. The highest BCUT2D eigenvalue weighted by atomic mass is 16.5. The summed E-state index contributed by atoms with van der Waals surface area (Å²) in [7, 11) is 0. The summed E-state index contributed by atoms with van der Waals surface area (Å²) in [4.78, 5) is 10.9. The Hall–Kier alpha value is -0.410. The average molecular weight is 144 g/mol. The van der Waals surface area contributed by atoms with Crippen LogP contribution in [0.25, 0.3) is 0 Å². The van der Waals surface area contributed by atoms with Crippen LogP contribution in [0.5, 0.6) is 0 Å². The quantitative estimate of drug-likeness (QED) is 0.525. The summed E-state index contributed by atoms with van der Waals surface area (Å²) in [5.41, 5.74) is 0. The summed E-state index contributed by atoms with van der Waals surface area (Å²) in [6, 6.07) is 0. The number of carbonyl (C=O) groups is 1. The number of hydrogen-bond donors (Lipinski definition) is 1. The van der Waals surface area contributed by atoms with Gasteiger partial charge >= 0.3 is 0 Å². The number of ketones is 1. The van der Waals surface area contributed by atoms with Gasteiger partial charge in [0.1, 0.15) is 12.2 Å². The molecule has 0 spiro atoms. The molecule has 1 aliphatic heterocycles. The van der Waals surface area contributed by atoms with E-state index in [1.165, 1.54) is 0 Å². The van der Waals surface area contributed by atoms with Crippen LogP contribution in [0.4, 0.5) is 0 Å². The maximum atomic E-state index is 10.9. The molecule has 3 heteroatoms. The van der Waals surface area contributed by atoms with E-state index in [0.717, 1.165) is 0 Å². The fraction of sp³-hybridized carbons (Fsp3) is 0.857. The Kier molecular flexibility index (Phi) is 2.06. The first-order valence-corrected chi connectivity index (χ1v) is 3.48. The molecule has 0 aliphatic carbocycles. The van der Waals surface area contributed by atoms with Crippen LogP contribution in [0.2, 0.25) is 0 Å². The third-order valence-corrected chi connectivity index (χ3v) is 1.72. The highest BCUT2D eigenvalue weighted by Crippen LogP contribution is 2.15. The van der Waals surface area contributed by atoms with Gasteiger partial charge in [0.2, 0.25) is 0 Å². The Morgan fingerprint density at radius 3 is 2.70 bits per heavy atom. The molecular formula is C7H12O3. The van der Waals surface area contributed by atoms with Gasteiger partial charge in [-0.05, 0) is 13.8 Å². The standard InChI is InChI=1S/C7H12O3/c1-4-3-6(8)7(9)5(2)10-4/h4-6,8H,3H2,1-2H3/t4-,5+,6-/m1/s1. The second-order valence-corrected chi connectivity index (χ2v) is 2.74. The first-order chi connectivity index (χ1) is 4.61. The van der Waals surface area contributed by atoms with Gasteiger partial charge in [-0.15, -0.1) is 0 Å². The first-order valence-electron chi connectivity index (χ1n) is 3.48. The van der Waals surface area contributed by atoms with E-state index in [2.05, 4.69) is 0 Å². The number of Topliss-reactive ketones (excluding diaryl/α,β-unsaturated/α-hetero) is 1. The predicted molar refractivity (Wildman–Crippen MR) is 35.6 cm³/mol. The second kappa shape index (κ2) is 2.68. The largest absolute Gasteiger partial charge is 0.385 e. The lowest BCUT2D eigenvalue weighted by Gasteiger charge is -2.27. The Bertz CT molecular complexity index is 130. The minimum atomic E-state index is -0.807. The third-order valence-electron chi connectivity index (χ3n) is 1.72. The van der Waals surface area contributed by atoms with Crippen molar-refractivity contribution in [1.29, 1.82) is 0 Å². The fourth-order valence-corrected chi connectivity index (χ4v) is 1.17. The lowest BCUT2D eigenvalue weighted by Crippen LogP contribution is -2.42. The Morgan fingerprint density at radius 1 is 1.60 bits per heavy atom. The monoisotopic (exact) mass is 144 g/mol. The Balaban J connectivity index is 2.57. The highest BCUT2D eigenvalue weighted by molar-refractivity contribution is 5.87. The zero-order valence-corrected chi connectivity index (χ0v) is 6.20. The molecule has 58 valence electrons. The van der Waals surface area contributed by atoms with Gasteiger partial charge in [0.05, 0.1) is 6.10 Å². The van der Waals surface area contributed by atoms with Crippen LogP contribution in [0.3, 0.4) is 0 Å². The number of hydrogen-bond acceptors (Lipinski definition) is 3. The minimum absolute atomic E-state index is 0.00250. The van der Waals surface area contributed by atoms with Crippen molar-refractivity contribution in [3.05, 3.63) is 0 Å². The SMILES string of the molecule is C[C@@H]1C[C@@H](O)C(=O)[C@H](C)O1. The first kappa shape index (κ1) is 7.69. The molecule has 1 N–H and O–H groups in total. The number of ether oxygens (including phenoxy) is 1. The van der Waals surface area contributed by atoms with Crippen molar-refractivity contribution in [2.24, 2.45) is 0 Å². The van der Waals surface area contributed by atoms with E-state index in [1.807, 2.05) is 6.92 Å². The molecule has 0 aromatic heterocycles. The summed E-state index contributed by atoms with van der Waals surface area (Å²) in [5, 5.41) is 9.09. The van der Waals surface area contributed by atoms with Gasteiger partial charge in [-0.25, -0.2) is 0 Å². The van der Waals surface area contributed by atoms with Crippen molar-refractivity contribution in [3.8, 4) is 0 Å². The smallest absolute Gasteiger partial charge is 0.189 e. The molecule has 3 nitrogen and oxygen atoms in total. The molecule has 0 aromatic carbocycles. The number of aliphatic hydroxyl groups is 1. The van der Waals surface area contributed by atoms with E-state index in [9.17, 15) is 4.79 Å². The molecule has 1 fully saturated rings. The molecule has 1 saturated heterocycles. The number of aliphatic hydroxyl groups excluding tert-OH is 1. The van der Waals surface area contributed by atoms with Crippen molar-refractivity contribution in [3.63, 3.8) is 0 Å². The van der Waals surface area contributed by atoms with Crippen LogP contribution >= 0.6 is 0 Å². The van der Waals surface area contributed by atoms with Gasteiger partial charge in [0.15, 0.2) is 5.78 Å². The van der Waals surface area contributed by atoms with E-state index >= 15 is 0 Å². The molecule has 1 heterocycles. The van der Waals surface area contributed by atoms with Crippen LogP contribution in [0.1, 0.15) is 20.3 Å². The normalized spacial score (nSPS) is 41.9. The summed E-state index contributed by atoms with van der Waals surface area (Å²) in [6.07, 6.45) is -0.802. The second-order valence-electron chi connectivity index (χ2n) is 2.74. The van der Waals surface area contributed by atoms with Gasteiger partial charge in [0, 0.05) is 6.42 Å². The summed E-state index contributed by atoms with van der Waals surface area (Å²) >= 11 is 0. The lowest BCUT2D eigenvalue weighted by atomic mass is 10.0. The molecule has 3 atom stereocenters. The maximum Gasteiger partial charge on any atom is 0.189 e. The van der Waals surface area contributed by atoms with E-state index in [4.69, 9.17) is 9.84 Å².